The van der Waals surface area contributed by atoms with Crippen molar-refractivity contribution in [2.45, 2.75) is 37.8 Å². The molecule has 0 radical (unpaired) electrons. The van der Waals surface area contributed by atoms with Gasteiger partial charge in [0.1, 0.15) is 0 Å². The highest BCUT2D eigenvalue weighted by atomic mass is 15.2. The lowest BCUT2D eigenvalue weighted by molar-refractivity contribution is 0.188. The van der Waals surface area contributed by atoms with Gasteiger partial charge in [-0.2, -0.15) is 0 Å². The second-order valence-corrected chi connectivity index (χ2v) is 5.98. The van der Waals surface area contributed by atoms with Crippen molar-refractivity contribution in [3.63, 3.8) is 0 Å². The van der Waals surface area contributed by atoms with Crippen molar-refractivity contribution in [3.05, 3.63) is 18.5 Å². The van der Waals surface area contributed by atoms with Gasteiger partial charge in [-0.25, -0.2) is 0 Å². The van der Waals surface area contributed by atoms with E-state index >= 15 is 0 Å². The average Bonchev–Trinajstić information content (AvgIpc) is 2.86. The number of nitrogens with one attached hydrogen (secondary N) is 1. The van der Waals surface area contributed by atoms with Crippen molar-refractivity contribution in [1.82, 2.24) is 9.88 Å². The van der Waals surface area contributed by atoms with Crippen LogP contribution in [0.15, 0.2) is 18.5 Å². The fourth-order valence-electron chi connectivity index (χ4n) is 3.46. The third kappa shape index (κ3) is 2.68. The van der Waals surface area contributed by atoms with Crippen molar-refractivity contribution in [1.29, 1.82) is 0 Å². The molecule has 104 valence electrons. The van der Waals surface area contributed by atoms with Gasteiger partial charge in [-0.3, -0.25) is 4.98 Å². The van der Waals surface area contributed by atoms with Crippen LogP contribution in [-0.2, 0) is 0 Å². The van der Waals surface area contributed by atoms with E-state index in [0.717, 1.165) is 6.04 Å². The first kappa shape index (κ1) is 12.7. The zero-order valence-electron chi connectivity index (χ0n) is 12.0. The van der Waals surface area contributed by atoms with Gasteiger partial charge in [0.15, 0.2) is 0 Å². The first-order valence-electron chi connectivity index (χ1n) is 7.36. The number of anilines is 2. The quantitative estimate of drug-likeness (QED) is 0.902. The number of nitrogens with zero attached hydrogens (tertiary/aromatic N) is 3. The number of pyridine rings is 1. The number of hydrogen-bond donors (Lipinski definition) is 1. The number of hydrogen-bond acceptors (Lipinski definition) is 4. The summed E-state index contributed by atoms with van der Waals surface area (Å²) in [4.78, 5) is 9.07. The fourth-order valence-corrected chi connectivity index (χ4v) is 3.46. The molecule has 4 nitrogen and oxygen atoms in total. The lowest BCUT2D eigenvalue weighted by atomic mass is 9.97. The molecule has 0 bridgehead atoms. The van der Waals surface area contributed by atoms with Gasteiger partial charge in [0.2, 0.25) is 0 Å². The molecule has 1 N–H and O–H groups in total. The fraction of sp³-hybridized carbons (Fsp3) is 0.667. The first-order valence-corrected chi connectivity index (χ1v) is 7.36. The molecule has 2 unspecified atom stereocenters. The van der Waals surface area contributed by atoms with Crippen LogP contribution < -0.4 is 10.2 Å². The predicted octanol–water partition coefficient (Wildman–Crippen LogP) is 2.19. The summed E-state index contributed by atoms with van der Waals surface area (Å²) < 4.78 is 0. The number of rotatable bonds is 3. The molecule has 1 aromatic heterocycles. The molecule has 3 rings (SSSR count). The molecule has 4 heteroatoms. The summed E-state index contributed by atoms with van der Waals surface area (Å²) in [5.74, 6) is 0. The van der Waals surface area contributed by atoms with Crippen molar-refractivity contribution < 1.29 is 0 Å². The second-order valence-electron chi connectivity index (χ2n) is 5.98. The largest absolute Gasteiger partial charge is 0.379 e. The highest BCUT2D eigenvalue weighted by Crippen LogP contribution is 2.30. The van der Waals surface area contributed by atoms with Crippen LogP contribution in [0, 0.1) is 0 Å². The van der Waals surface area contributed by atoms with Crippen LogP contribution in [0.1, 0.15) is 25.7 Å². The molecule has 1 aromatic rings. The maximum atomic E-state index is 4.26. The molecule has 2 saturated heterocycles. The van der Waals surface area contributed by atoms with E-state index in [1.165, 1.54) is 50.1 Å². The Morgan fingerprint density at radius 2 is 2.21 bits per heavy atom. The lowest BCUT2D eigenvalue weighted by Gasteiger charge is -2.36. The van der Waals surface area contributed by atoms with E-state index in [0.29, 0.717) is 6.04 Å². The van der Waals surface area contributed by atoms with Crippen LogP contribution in [0.4, 0.5) is 11.4 Å². The van der Waals surface area contributed by atoms with E-state index < -0.39 is 0 Å². The molecule has 2 aliphatic rings. The summed E-state index contributed by atoms with van der Waals surface area (Å²) in [5.41, 5.74) is 2.40. The van der Waals surface area contributed by atoms with Crippen LogP contribution in [0.25, 0.3) is 0 Å². The summed E-state index contributed by atoms with van der Waals surface area (Å²) in [7, 11) is 4.17. The average molecular weight is 260 g/mol. The van der Waals surface area contributed by atoms with Gasteiger partial charge in [-0.15, -0.1) is 0 Å². The van der Waals surface area contributed by atoms with E-state index in [4.69, 9.17) is 0 Å². The summed E-state index contributed by atoms with van der Waals surface area (Å²) in [6.07, 6.45) is 9.11. The third-order valence-corrected chi connectivity index (χ3v) is 4.46. The summed E-state index contributed by atoms with van der Waals surface area (Å²) in [5, 5.41) is 3.71. The Labute approximate surface area is 115 Å². The lowest BCUT2D eigenvalue weighted by Crippen LogP contribution is -2.42. The highest BCUT2D eigenvalue weighted by molar-refractivity contribution is 5.68. The molecule has 2 fully saturated rings. The molecular formula is C15H24N4. The molecule has 0 spiro atoms. The minimum Gasteiger partial charge on any atom is -0.379 e. The van der Waals surface area contributed by atoms with Crippen LogP contribution in [-0.4, -0.2) is 49.2 Å². The molecule has 2 aliphatic heterocycles. The zero-order valence-corrected chi connectivity index (χ0v) is 12.0. The monoisotopic (exact) mass is 260 g/mol. The standard InChI is InChI=1S/C15H24N4/c1-18(2)15-5-7-16-11-14(15)17-12-6-9-19-8-3-4-13(19)10-12/h5,7,11-13,17H,3-4,6,8-10H2,1-2H3. The van der Waals surface area contributed by atoms with Crippen LogP contribution in [0.3, 0.4) is 0 Å². The van der Waals surface area contributed by atoms with Crippen molar-refractivity contribution in [3.8, 4) is 0 Å². The van der Waals surface area contributed by atoms with E-state index in [1.54, 1.807) is 0 Å². The molecule has 0 aromatic carbocycles. The second kappa shape index (κ2) is 5.37. The molecule has 19 heavy (non-hydrogen) atoms. The first-order chi connectivity index (χ1) is 9.24. The van der Waals surface area contributed by atoms with Gasteiger partial charge in [-0.1, -0.05) is 0 Å². The Kier molecular flexibility index (Phi) is 3.60. The topological polar surface area (TPSA) is 31.4 Å². The smallest absolute Gasteiger partial charge is 0.0766 e. The third-order valence-electron chi connectivity index (χ3n) is 4.46. The Bertz CT molecular complexity index is 432. The molecule has 3 heterocycles. The molecule has 0 amide bonds. The predicted molar refractivity (Wildman–Crippen MR) is 79.8 cm³/mol. The van der Waals surface area contributed by atoms with Gasteiger partial charge < -0.3 is 15.1 Å². The van der Waals surface area contributed by atoms with E-state index in [9.17, 15) is 0 Å². The Hall–Kier alpha value is -1.29. The normalized spacial score (nSPS) is 27.1. The van der Waals surface area contributed by atoms with Crippen LogP contribution in [0.5, 0.6) is 0 Å². The maximum Gasteiger partial charge on any atom is 0.0766 e. The van der Waals surface area contributed by atoms with E-state index in [-0.39, 0.29) is 0 Å². The Morgan fingerprint density at radius 1 is 1.32 bits per heavy atom. The molecule has 0 saturated carbocycles. The summed E-state index contributed by atoms with van der Waals surface area (Å²) in [6.45, 7) is 2.56. The molecule has 0 aliphatic carbocycles. The Balaban J connectivity index is 1.68. The van der Waals surface area contributed by atoms with Gasteiger partial charge in [0, 0.05) is 38.9 Å². The minimum absolute atomic E-state index is 0.599. The van der Waals surface area contributed by atoms with E-state index in [1.807, 2.05) is 12.4 Å². The van der Waals surface area contributed by atoms with Gasteiger partial charge in [-0.05, 0) is 38.3 Å². The van der Waals surface area contributed by atoms with Crippen molar-refractivity contribution in [2.75, 3.05) is 37.4 Å². The van der Waals surface area contributed by atoms with Crippen LogP contribution in [0.2, 0.25) is 0 Å². The van der Waals surface area contributed by atoms with Crippen molar-refractivity contribution in [2.24, 2.45) is 0 Å². The highest BCUT2D eigenvalue weighted by Gasteiger charge is 2.31. The molecular weight excluding hydrogens is 236 g/mol. The molecule has 2 atom stereocenters. The van der Waals surface area contributed by atoms with Gasteiger partial charge in [0.05, 0.1) is 17.6 Å². The van der Waals surface area contributed by atoms with Gasteiger partial charge >= 0.3 is 0 Å². The van der Waals surface area contributed by atoms with Crippen molar-refractivity contribution >= 4 is 11.4 Å². The minimum atomic E-state index is 0.599. The SMILES string of the molecule is CN(C)c1ccncc1NC1CCN2CCCC2C1. The number of piperidine rings is 1. The zero-order chi connectivity index (χ0) is 13.2. The van der Waals surface area contributed by atoms with Crippen LogP contribution >= 0.6 is 0 Å². The number of fused-ring (bicyclic) bond motifs is 1. The van der Waals surface area contributed by atoms with Gasteiger partial charge in [0.25, 0.3) is 0 Å². The van der Waals surface area contributed by atoms with E-state index in [2.05, 4.69) is 40.3 Å². The summed E-state index contributed by atoms with van der Waals surface area (Å²) >= 11 is 0. The summed E-state index contributed by atoms with van der Waals surface area (Å²) in [6, 6.07) is 3.49. The number of aromatic nitrogens is 1. The maximum absolute atomic E-state index is 4.26. The Morgan fingerprint density at radius 3 is 3.05 bits per heavy atom.